The lowest BCUT2D eigenvalue weighted by Crippen LogP contribution is -2.17. The van der Waals surface area contributed by atoms with Gasteiger partial charge in [0.1, 0.15) is 17.2 Å². The normalized spacial score (nSPS) is 11.1. The topological polar surface area (TPSA) is 92.7 Å². The smallest absolute Gasteiger partial charge is 0.275 e. The first-order valence-corrected chi connectivity index (χ1v) is 8.95. The number of carbonyl (C=O) groups is 1. The van der Waals surface area contributed by atoms with Crippen LogP contribution < -0.4 is 5.43 Å². The second-order valence-corrected chi connectivity index (χ2v) is 6.34. The van der Waals surface area contributed by atoms with Crippen molar-refractivity contribution in [1.82, 2.24) is 15.2 Å². The number of carbonyl (C=O) groups excluding carboxylic acids is 1. The minimum atomic E-state index is -0.509. The number of phenolic OH excluding ortho intramolecular Hbond substituents is 1. The van der Waals surface area contributed by atoms with E-state index in [-0.39, 0.29) is 11.3 Å². The second kappa shape index (κ2) is 7.85. The van der Waals surface area contributed by atoms with Crippen molar-refractivity contribution < 1.29 is 14.3 Å². The zero-order valence-electron chi connectivity index (χ0n) is 15.6. The largest absolute Gasteiger partial charge is 0.507 e. The Morgan fingerprint density at radius 1 is 1.10 bits per heavy atom. The van der Waals surface area contributed by atoms with Crippen LogP contribution in [-0.2, 0) is 0 Å². The highest BCUT2D eigenvalue weighted by atomic mass is 16.3. The van der Waals surface area contributed by atoms with Gasteiger partial charge >= 0.3 is 0 Å². The third-order valence-electron chi connectivity index (χ3n) is 4.26. The SMILES string of the molecule is Cc1ccc(-c2nn(-c3ccccc3)cc2/C=N\NC(=O)c2ccccc2O)o1. The molecule has 0 saturated heterocycles. The number of phenols is 1. The number of rotatable bonds is 5. The van der Waals surface area contributed by atoms with Crippen LogP contribution in [0.1, 0.15) is 21.7 Å². The fraction of sp³-hybridized carbons (Fsp3) is 0.0455. The molecule has 7 nitrogen and oxygen atoms in total. The van der Waals surface area contributed by atoms with E-state index in [1.54, 1.807) is 23.0 Å². The Balaban J connectivity index is 1.63. The fourth-order valence-corrected chi connectivity index (χ4v) is 2.83. The van der Waals surface area contributed by atoms with E-state index in [1.165, 1.54) is 18.3 Å². The molecule has 2 N–H and O–H groups in total. The molecule has 4 aromatic rings. The van der Waals surface area contributed by atoms with Gasteiger partial charge in [-0.1, -0.05) is 30.3 Å². The lowest BCUT2D eigenvalue weighted by Gasteiger charge is -2.01. The Bertz CT molecular complexity index is 1180. The molecule has 2 aromatic carbocycles. The van der Waals surface area contributed by atoms with Gasteiger partial charge in [-0.3, -0.25) is 4.79 Å². The maximum absolute atomic E-state index is 12.2. The first-order chi connectivity index (χ1) is 14.1. The lowest BCUT2D eigenvalue weighted by atomic mass is 10.2. The third kappa shape index (κ3) is 3.93. The number of aromatic nitrogens is 2. The summed E-state index contributed by atoms with van der Waals surface area (Å²) in [6.07, 6.45) is 3.30. The standard InChI is InChI=1S/C22H18N4O3/c1-15-11-12-20(29-15)21-16(14-26(25-21)17-7-3-2-4-8-17)13-23-24-22(28)18-9-5-6-10-19(18)27/h2-14,27H,1H3,(H,24,28)/b23-13-. The number of hydrazone groups is 1. The van der Waals surface area contributed by atoms with E-state index in [9.17, 15) is 9.90 Å². The number of furan rings is 1. The van der Waals surface area contributed by atoms with E-state index in [0.717, 1.165) is 11.4 Å². The molecule has 0 bridgehead atoms. The van der Waals surface area contributed by atoms with Crippen molar-refractivity contribution in [1.29, 1.82) is 0 Å². The highest BCUT2D eigenvalue weighted by Gasteiger charge is 2.15. The van der Waals surface area contributed by atoms with Gasteiger partial charge in [-0.25, -0.2) is 10.1 Å². The summed E-state index contributed by atoms with van der Waals surface area (Å²) in [7, 11) is 0. The molecule has 7 heteroatoms. The van der Waals surface area contributed by atoms with Gasteiger partial charge in [-0.05, 0) is 43.3 Å². The Labute approximate surface area is 166 Å². The first kappa shape index (κ1) is 18.2. The van der Waals surface area contributed by atoms with Gasteiger partial charge in [0.2, 0.25) is 0 Å². The van der Waals surface area contributed by atoms with Crippen molar-refractivity contribution in [3.8, 4) is 22.9 Å². The average molecular weight is 386 g/mol. The summed E-state index contributed by atoms with van der Waals surface area (Å²) < 4.78 is 7.44. The van der Waals surface area contributed by atoms with Gasteiger partial charge in [0.05, 0.1) is 17.5 Å². The summed E-state index contributed by atoms with van der Waals surface area (Å²) >= 11 is 0. The number of benzene rings is 2. The summed E-state index contributed by atoms with van der Waals surface area (Å²) in [5.74, 6) is 0.754. The second-order valence-electron chi connectivity index (χ2n) is 6.34. The maximum atomic E-state index is 12.2. The Kier molecular flexibility index (Phi) is 4.94. The van der Waals surface area contributed by atoms with Crippen molar-refractivity contribution in [3.63, 3.8) is 0 Å². The number of amides is 1. The average Bonchev–Trinajstić information content (AvgIpc) is 3.35. The molecule has 0 aliphatic carbocycles. The van der Waals surface area contributed by atoms with E-state index < -0.39 is 5.91 Å². The molecule has 2 aromatic heterocycles. The number of hydrogen-bond donors (Lipinski definition) is 2. The van der Waals surface area contributed by atoms with Crippen LogP contribution in [0.3, 0.4) is 0 Å². The predicted octanol–water partition coefficient (Wildman–Crippen LogP) is 3.91. The molecule has 1 amide bonds. The van der Waals surface area contributed by atoms with Crippen molar-refractivity contribution in [2.75, 3.05) is 0 Å². The van der Waals surface area contributed by atoms with E-state index in [1.807, 2.05) is 49.4 Å². The molecule has 144 valence electrons. The summed E-state index contributed by atoms with van der Waals surface area (Å²) in [6.45, 7) is 1.86. The van der Waals surface area contributed by atoms with Crippen molar-refractivity contribution in [2.24, 2.45) is 5.10 Å². The highest BCUT2D eigenvalue weighted by Crippen LogP contribution is 2.24. The number of nitrogens with zero attached hydrogens (tertiary/aromatic N) is 3. The number of para-hydroxylation sites is 2. The molecular formula is C22H18N4O3. The molecule has 29 heavy (non-hydrogen) atoms. The molecule has 0 atom stereocenters. The van der Waals surface area contributed by atoms with Gasteiger partial charge in [0, 0.05) is 11.8 Å². The number of hydrogen-bond acceptors (Lipinski definition) is 5. The third-order valence-corrected chi connectivity index (χ3v) is 4.26. The molecule has 0 saturated carbocycles. The molecule has 0 unspecified atom stereocenters. The Morgan fingerprint density at radius 3 is 2.59 bits per heavy atom. The number of nitrogens with one attached hydrogen (secondary N) is 1. The van der Waals surface area contributed by atoms with Crippen molar-refractivity contribution in [2.45, 2.75) is 6.92 Å². The van der Waals surface area contributed by atoms with Crippen LogP contribution in [0.15, 0.2) is 82.4 Å². The minimum absolute atomic E-state index is 0.108. The molecule has 4 rings (SSSR count). The van der Waals surface area contributed by atoms with Gasteiger partial charge in [-0.2, -0.15) is 10.2 Å². The molecule has 0 aliphatic rings. The van der Waals surface area contributed by atoms with E-state index in [4.69, 9.17) is 4.42 Å². The summed E-state index contributed by atoms with van der Waals surface area (Å²) in [4.78, 5) is 12.2. The maximum Gasteiger partial charge on any atom is 0.275 e. The van der Waals surface area contributed by atoms with Gasteiger partial charge in [-0.15, -0.1) is 0 Å². The zero-order chi connectivity index (χ0) is 20.2. The molecule has 0 radical (unpaired) electrons. The Hall–Kier alpha value is -4.13. The number of aromatic hydroxyl groups is 1. The quantitative estimate of drug-likeness (QED) is 0.402. The summed E-state index contributed by atoms with van der Waals surface area (Å²) in [5.41, 5.74) is 4.72. The van der Waals surface area contributed by atoms with Crippen LogP contribution >= 0.6 is 0 Å². The monoisotopic (exact) mass is 386 g/mol. The van der Waals surface area contributed by atoms with Crippen LogP contribution in [0.25, 0.3) is 17.1 Å². The van der Waals surface area contributed by atoms with E-state index >= 15 is 0 Å². The van der Waals surface area contributed by atoms with Crippen LogP contribution in [0, 0.1) is 6.92 Å². The van der Waals surface area contributed by atoms with Gasteiger partial charge in [0.15, 0.2) is 5.76 Å². The minimum Gasteiger partial charge on any atom is -0.507 e. The van der Waals surface area contributed by atoms with Crippen LogP contribution in [0.4, 0.5) is 0 Å². The molecular weight excluding hydrogens is 368 g/mol. The lowest BCUT2D eigenvalue weighted by molar-refractivity contribution is 0.0952. The predicted molar refractivity (Wildman–Crippen MR) is 109 cm³/mol. The summed E-state index contributed by atoms with van der Waals surface area (Å²) in [6, 6.07) is 19.6. The van der Waals surface area contributed by atoms with E-state index in [0.29, 0.717) is 17.0 Å². The van der Waals surface area contributed by atoms with Crippen LogP contribution in [0.2, 0.25) is 0 Å². The molecule has 0 fully saturated rings. The Morgan fingerprint density at radius 2 is 1.86 bits per heavy atom. The van der Waals surface area contributed by atoms with Gasteiger partial charge in [0.25, 0.3) is 5.91 Å². The summed E-state index contributed by atoms with van der Waals surface area (Å²) in [5, 5.41) is 18.4. The first-order valence-electron chi connectivity index (χ1n) is 8.95. The van der Waals surface area contributed by atoms with Crippen LogP contribution in [0.5, 0.6) is 5.75 Å². The molecule has 0 aliphatic heterocycles. The number of aryl methyl sites for hydroxylation is 1. The highest BCUT2D eigenvalue weighted by molar-refractivity contribution is 5.97. The van der Waals surface area contributed by atoms with Crippen LogP contribution in [-0.4, -0.2) is 27.0 Å². The van der Waals surface area contributed by atoms with E-state index in [2.05, 4.69) is 15.6 Å². The van der Waals surface area contributed by atoms with Gasteiger partial charge < -0.3 is 9.52 Å². The fourth-order valence-electron chi connectivity index (χ4n) is 2.83. The van der Waals surface area contributed by atoms with Crippen molar-refractivity contribution in [3.05, 3.63) is 89.8 Å². The molecule has 2 heterocycles. The zero-order valence-corrected chi connectivity index (χ0v) is 15.6. The van der Waals surface area contributed by atoms with Crippen molar-refractivity contribution >= 4 is 12.1 Å². The molecule has 0 spiro atoms.